The minimum Gasteiger partial charge on any atom is -0.379 e. The summed E-state index contributed by atoms with van der Waals surface area (Å²) in [4.78, 5) is 0. The molecule has 3 unspecified atom stereocenters. The molecule has 0 aromatic carbocycles. The summed E-state index contributed by atoms with van der Waals surface area (Å²) in [7, 11) is 3.45. The largest absolute Gasteiger partial charge is 0.379 e. The van der Waals surface area contributed by atoms with Crippen LogP contribution in [0.4, 0.5) is 0 Å². The maximum atomic E-state index is 5.78. The van der Waals surface area contributed by atoms with Gasteiger partial charge in [-0.2, -0.15) is 0 Å². The van der Waals surface area contributed by atoms with E-state index in [2.05, 4.69) is 0 Å². The van der Waals surface area contributed by atoms with Gasteiger partial charge >= 0.3 is 0 Å². The molecular weight excluding hydrogens is 142 g/mol. The predicted octanol–water partition coefficient (Wildman–Crippen LogP) is 0.528. The zero-order valence-corrected chi connectivity index (χ0v) is 7.25. The highest BCUT2D eigenvalue weighted by Crippen LogP contribution is 2.21. The summed E-state index contributed by atoms with van der Waals surface area (Å²) < 4.78 is 10.5. The summed E-state index contributed by atoms with van der Waals surface area (Å²) in [6.45, 7) is 0. The summed E-state index contributed by atoms with van der Waals surface area (Å²) >= 11 is 0. The van der Waals surface area contributed by atoms with Crippen LogP contribution in [0.15, 0.2) is 0 Å². The van der Waals surface area contributed by atoms with Gasteiger partial charge in [-0.15, -0.1) is 0 Å². The Kier molecular flexibility index (Phi) is 3.30. The number of nitrogens with two attached hydrogens (primary N) is 1. The predicted molar refractivity (Wildman–Crippen MR) is 43.4 cm³/mol. The van der Waals surface area contributed by atoms with Gasteiger partial charge in [-0.05, 0) is 19.3 Å². The van der Waals surface area contributed by atoms with Crippen molar-refractivity contribution in [2.24, 2.45) is 5.73 Å². The first-order valence-corrected chi connectivity index (χ1v) is 4.09. The Hall–Kier alpha value is -0.120. The van der Waals surface area contributed by atoms with Crippen molar-refractivity contribution in [2.75, 3.05) is 14.2 Å². The summed E-state index contributed by atoms with van der Waals surface area (Å²) in [5, 5.41) is 0. The molecule has 3 heteroatoms. The van der Waals surface area contributed by atoms with Gasteiger partial charge in [-0.25, -0.2) is 0 Å². The topological polar surface area (TPSA) is 44.5 Å². The van der Waals surface area contributed by atoms with E-state index in [4.69, 9.17) is 15.2 Å². The Morgan fingerprint density at radius 1 is 1.09 bits per heavy atom. The fourth-order valence-corrected chi connectivity index (χ4v) is 1.65. The normalized spacial score (nSPS) is 39.0. The van der Waals surface area contributed by atoms with Crippen molar-refractivity contribution in [1.29, 1.82) is 0 Å². The van der Waals surface area contributed by atoms with E-state index in [1.165, 1.54) is 0 Å². The van der Waals surface area contributed by atoms with Gasteiger partial charge in [0.15, 0.2) is 0 Å². The van der Waals surface area contributed by atoms with E-state index in [0.29, 0.717) is 6.04 Å². The van der Waals surface area contributed by atoms with Crippen LogP contribution in [0, 0.1) is 0 Å². The highest BCUT2D eigenvalue weighted by Gasteiger charge is 2.28. The molecule has 0 aliphatic heterocycles. The molecule has 2 N–H and O–H groups in total. The minimum absolute atomic E-state index is 0.198. The second kappa shape index (κ2) is 4.04. The Balaban J connectivity index is 2.41. The lowest BCUT2D eigenvalue weighted by Gasteiger charge is -2.32. The van der Waals surface area contributed by atoms with E-state index in [9.17, 15) is 0 Å². The molecular formula is C8H17NO2. The lowest BCUT2D eigenvalue weighted by Crippen LogP contribution is -2.41. The van der Waals surface area contributed by atoms with Crippen LogP contribution in [-0.4, -0.2) is 32.5 Å². The van der Waals surface area contributed by atoms with Crippen LogP contribution >= 0.6 is 0 Å². The molecule has 0 heterocycles. The van der Waals surface area contributed by atoms with Crippen LogP contribution in [0.3, 0.4) is 0 Å². The molecule has 1 saturated carbocycles. The SMILES string of the molecule is COC1CCC(N)CC1OC. The number of hydrogen-bond acceptors (Lipinski definition) is 3. The molecule has 1 rings (SSSR count). The van der Waals surface area contributed by atoms with Crippen LogP contribution in [0.5, 0.6) is 0 Å². The Morgan fingerprint density at radius 3 is 2.27 bits per heavy atom. The van der Waals surface area contributed by atoms with E-state index in [-0.39, 0.29) is 12.2 Å². The molecule has 0 radical (unpaired) electrons. The van der Waals surface area contributed by atoms with Crippen molar-refractivity contribution >= 4 is 0 Å². The van der Waals surface area contributed by atoms with Crippen LogP contribution < -0.4 is 5.73 Å². The van der Waals surface area contributed by atoms with Gasteiger partial charge in [-0.3, -0.25) is 0 Å². The first kappa shape index (κ1) is 8.97. The molecule has 3 nitrogen and oxygen atoms in total. The van der Waals surface area contributed by atoms with Crippen LogP contribution in [-0.2, 0) is 9.47 Å². The molecule has 0 aromatic heterocycles. The summed E-state index contributed by atoms with van der Waals surface area (Å²) in [5.74, 6) is 0. The molecule has 1 aliphatic rings. The zero-order chi connectivity index (χ0) is 8.27. The van der Waals surface area contributed by atoms with Crippen molar-refractivity contribution in [3.8, 4) is 0 Å². The van der Waals surface area contributed by atoms with Gasteiger partial charge in [0, 0.05) is 20.3 Å². The Labute approximate surface area is 67.9 Å². The lowest BCUT2D eigenvalue weighted by molar-refractivity contribution is -0.0616. The van der Waals surface area contributed by atoms with Crippen LogP contribution in [0.25, 0.3) is 0 Å². The third-order valence-electron chi connectivity index (χ3n) is 2.38. The molecule has 0 amide bonds. The van der Waals surface area contributed by atoms with Crippen molar-refractivity contribution in [2.45, 2.75) is 37.5 Å². The molecule has 1 aliphatic carbocycles. The first-order chi connectivity index (χ1) is 5.27. The first-order valence-electron chi connectivity index (χ1n) is 4.09. The second-order valence-electron chi connectivity index (χ2n) is 3.12. The fraction of sp³-hybridized carbons (Fsp3) is 1.00. The Bertz CT molecular complexity index is 119. The van der Waals surface area contributed by atoms with E-state index in [0.717, 1.165) is 19.3 Å². The lowest BCUT2D eigenvalue weighted by atomic mass is 9.91. The minimum atomic E-state index is 0.198. The average Bonchev–Trinajstić information content (AvgIpc) is 2.04. The smallest absolute Gasteiger partial charge is 0.0847 e. The third kappa shape index (κ3) is 2.15. The van der Waals surface area contributed by atoms with Crippen molar-refractivity contribution in [3.63, 3.8) is 0 Å². The Morgan fingerprint density at radius 2 is 1.73 bits per heavy atom. The highest BCUT2D eigenvalue weighted by atomic mass is 16.5. The second-order valence-corrected chi connectivity index (χ2v) is 3.12. The van der Waals surface area contributed by atoms with E-state index >= 15 is 0 Å². The van der Waals surface area contributed by atoms with E-state index in [1.54, 1.807) is 14.2 Å². The molecule has 0 saturated heterocycles. The molecule has 66 valence electrons. The van der Waals surface area contributed by atoms with Gasteiger partial charge < -0.3 is 15.2 Å². The molecule has 11 heavy (non-hydrogen) atoms. The van der Waals surface area contributed by atoms with Gasteiger partial charge in [0.2, 0.25) is 0 Å². The van der Waals surface area contributed by atoms with Gasteiger partial charge in [0.1, 0.15) is 0 Å². The van der Waals surface area contributed by atoms with Crippen molar-refractivity contribution < 1.29 is 9.47 Å². The molecule has 0 aromatic rings. The quantitative estimate of drug-likeness (QED) is 0.639. The number of rotatable bonds is 2. The van der Waals surface area contributed by atoms with Crippen LogP contribution in [0.1, 0.15) is 19.3 Å². The summed E-state index contributed by atoms with van der Waals surface area (Å²) in [5.41, 5.74) is 5.78. The van der Waals surface area contributed by atoms with E-state index in [1.807, 2.05) is 0 Å². The van der Waals surface area contributed by atoms with Gasteiger partial charge in [0.25, 0.3) is 0 Å². The van der Waals surface area contributed by atoms with Crippen molar-refractivity contribution in [1.82, 2.24) is 0 Å². The highest BCUT2D eigenvalue weighted by molar-refractivity contribution is 4.82. The standard InChI is InChI=1S/C8H17NO2/c1-10-7-4-3-6(9)5-8(7)11-2/h6-8H,3-5,9H2,1-2H3. The average molecular weight is 159 g/mol. The number of methoxy groups -OCH3 is 2. The van der Waals surface area contributed by atoms with Gasteiger partial charge in [-0.1, -0.05) is 0 Å². The number of hydrogen-bond donors (Lipinski definition) is 1. The van der Waals surface area contributed by atoms with E-state index < -0.39 is 0 Å². The maximum absolute atomic E-state index is 5.78. The van der Waals surface area contributed by atoms with Crippen molar-refractivity contribution in [3.05, 3.63) is 0 Å². The monoisotopic (exact) mass is 159 g/mol. The molecule has 3 atom stereocenters. The maximum Gasteiger partial charge on any atom is 0.0847 e. The molecule has 1 fully saturated rings. The third-order valence-corrected chi connectivity index (χ3v) is 2.38. The fourth-order valence-electron chi connectivity index (χ4n) is 1.65. The van der Waals surface area contributed by atoms with Crippen LogP contribution in [0.2, 0.25) is 0 Å². The molecule has 0 bridgehead atoms. The summed E-state index contributed by atoms with van der Waals surface area (Å²) in [6, 6.07) is 0.298. The number of ether oxygens (including phenoxy) is 2. The van der Waals surface area contributed by atoms with Gasteiger partial charge in [0.05, 0.1) is 12.2 Å². The zero-order valence-electron chi connectivity index (χ0n) is 7.25. The summed E-state index contributed by atoms with van der Waals surface area (Å²) in [6.07, 6.45) is 3.45. The molecule has 0 spiro atoms.